The number of nitrogens with zero attached hydrogens (tertiary/aromatic N) is 2. The summed E-state index contributed by atoms with van der Waals surface area (Å²) in [6, 6.07) is 7.11. The summed E-state index contributed by atoms with van der Waals surface area (Å²) < 4.78 is 0. The van der Waals surface area contributed by atoms with E-state index in [2.05, 4.69) is 10.3 Å². The highest BCUT2D eigenvalue weighted by molar-refractivity contribution is 5.94. The highest BCUT2D eigenvalue weighted by Gasteiger charge is 2.25. The number of fused-ring (bicyclic) bond motifs is 1. The Bertz CT molecular complexity index is 674. The van der Waals surface area contributed by atoms with Crippen molar-refractivity contribution in [3.63, 3.8) is 0 Å². The average Bonchev–Trinajstić information content (AvgIpc) is 2.49. The molecule has 1 aromatic heterocycles. The zero-order valence-electron chi connectivity index (χ0n) is 11.7. The minimum Gasteiger partial charge on any atom is -0.375 e. The summed E-state index contributed by atoms with van der Waals surface area (Å²) in [5.41, 5.74) is 7.36. The van der Waals surface area contributed by atoms with E-state index in [1.807, 2.05) is 0 Å². The number of anilines is 1. The monoisotopic (exact) mass is 286 g/mol. The van der Waals surface area contributed by atoms with E-state index in [1.54, 1.807) is 30.5 Å². The number of benzene rings is 1. The first-order chi connectivity index (χ1) is 10.2. The highest BCUT2D eigenvalue weighted by Crippen LogP contribution is 2.34. The molecule has 3 N–H and O–H groups in total. The number of hydrogen-bond acceptors (Lipinski definition) is 5. The Labute approximate surface area is 122 Å². The van der Waals surface area contributed by atoms with Crippen molar-refractivity contribution in [2.75, 3.05) is 5.32 Å². The van der Waals surface area contributed by atoms with Gasteiger partial charge in [-0.05, 0) is 37.1 Å². The first kappa shape index (κ1) is 13.8. The Kier molecular flexibility index (Phi) is 3.70. The average molecular weight is 286 g/mol. The quantitative estimate of drug-likeness (QED) is 0.668. The van der Waals surface area contributed by atoms with Gasteiger partial charge >= 0.3 is 5.69 Å². The second-order valence-electron chi connectivity index (χ2n) is 5.49. The zero-order chi connectivity index (χ0) is 14.8. The number of nitrogens with two attached hydrogens (primary N) is 1. The predicted molar refractivity (Wildman–Crippen MR) is 82.3 cm³/mol. The Morgan fingerprint density at radius 2 is 2.10 bits per heavy atom. The number of rotatable bonds is 3. The van der Waals surface area contributed by atoms with E-state index in [-0.39, 0.29) is 22.7 Å². The van der Waals surface area contributed by atoms with Crippen LogP contribution in [-0.4, -0.2) is 22.0 Å². The molecule has 21 heavy (non-hydrogen) atoms. The molecule has 0 radical (unpaired) electrons. The summed E-state index contributed by atoms with van der Waals surface area (Å²) in [5.74, 6) is 0. The molecular formula is C15H18N4O2. The molecule has 1 heterocycles. The van der Waals surface area contributed by atoms with Crippen LogP contribution in [0.15, 0.2) is 30.5 Å². The molecule has 1 aliphatic rings. The lowest BCUT2D eigenvalue weighted by molar-refractivity contribution is -0.382. The molecule has 0 bridgehead atoms. The van der Waals surface area contributed by atoms with Gasteiger partial charge in [0.1, 0.15) is 5.69 Å². The normalized spacial score (nSPS) is 22.1. The van der Waals surface area contributed by atoms with Crippen LogP contribution in [0.25, 0.3) is 10.9 Å². The van der Waals surface area contributed by atoms with E-state index in [4.69, 9.17) is 5.73 Å². The summed E-state index contributed by atoms with van der Waals surface area (Å²) in [6.07, 6.45) is 5.78. The molecule has 1 aliphatic carbocycles. The Morgan fingerprint density at radius 3 is 2.86 bits per heavy atom. The summed E-state index contributed by atoms with van der Waals surface area (Å²) in [5, 5.41) is 15.3. The van der Waals surface area contributed by atoms with Crippen LogP contribution < -0.4 is 11.1 Å². The van der Waals surface area contributed by atoms with Crippen molar-refractivity contribution < 1.29 is 4.92 Å². The molecule has 110 valence electrons. The van der Waals surface area contributed by atoms with Gasteiger partial charge in [-0.25, -0.2) is 0 Å². The smallest absolute Gasteiger partial charge is 0.301 e. The van der Waals surface area contributed by atoms with Crippen LogP contribution in [0.2, 0.25) is 0 Å². The molecule has 2 aromatic rings. The third kappa shape index (κ3) is 2.67. The Hall–Kier alpha value is -2.21. The van der Waals surface area contributed by atoms with Crippen molar-refractivity contribution in [3.05, 3.63) is 40.6 Å². The van der Waals surface area contributed by atoms with Gasteiger partial charge in [0.25, 0.3) is 0 Å². The topological polar surface area (TPSA) is 94.1 Å². The van der Waals surface area contributed by atoms with E-state index < -0.39 is 0 Å². The minimum atomic E-state index is -0.347. The summed E-state index contributed by atoms with van der Waals surface area (Å²) in [6.45, 7) is 0. The molecule has 2 atom stereocenters. The van der Waals surface area contributed by atoms with E-state index in [0.717, 1.165) is 25.7 Å². The Balaban J connectivity index is 2.01. The van der Waals surface area contributed by atoms with Gasteiger partial charge in [-0.15, -0.1) is 0 Å². The van der Waals surface area contributed by atoms with Gasteiger partial charge in [0, 0.05) is 18.3 Å². The molecule has 0 aliphatic heterocycles. The molecule has 1 aromatic carbocycles. The lowest BCUT2D eigenvalue weighted by Crippen LogP contribution is -2.42. The summed E-state index contributed by atoms with van der Waals surface area (Å²) in [7, 11) is 0. The molecule has 6 heteroatoms. The van der Waals surface area contributed by atoms with E-state index in [9.17, 15) is 10.1 Å². The SMILES string of the molecule is NC1CCCCC1Nc1ccc2ncccc2c1[N+](=O)[O-]. The minimum absolute atomic E-state index is 0.0444. The number of nitrogens with one attached hydrogen (secondary N) is 1. The number of aromatic nitrogens is 1. The molecule has 0 saturated heterocycles. The maximum atomic E-state index is 11.5. The van der Waals surface area contributed by atoms with Crippen LogP contribution in [0.1, 0.15) is 25.7 Å². The van der Waals surface area contributed by atoms with Gasteiger partial charge in [-0.2, -0.15) is 0 Å². The summed E-state index contributed by atoms with van der Waals surface area (Å²) in [4.78, 5) is 15.3. The first-order valence-corrected chi connectivity index (χ1v) is 7.21. The molecular weight excluding hydrogens is 268 g/mol. The number of hydrogen-bond donors (Lipinski definition) is 2. The van der Waals surface area contributed by atoms with Crippen LogP contribution in [0.4, 0.5) is 11.4 Å². The first-order valence-electron chi connectivity index (χ1n) is 7.21. The number of nitro benzene ring substituents is 1. The Morgan fingerprint density at radius 1 is 1.29 bits per heavy atom. The largest absolute Gasteiger partial charge is 0.375 e. The molecule has 1 saturated carbocycles. The second-order valence-corrected chi connectivity index (χ2v) is 5.49. The summed E-state index contributed by atoms with van der Waals surface area (Å²) >= 11 is 0. The van der Waals surface area contributed by atoms with Crippen LogP contribution in [0.5, 0.6) is 0 Å². The predicted octanol–water partition coefficient (Wildman–Crippen LogP) is 2.82. The van der Waals surface area contributed by atoms with Crippen LogP contribution >= 0.6 is 0 Å². The van der Waals surface area contributed by atoms with E-state index in [0.29, 0.717) is 16.6 Å². The van der Waals surface area contributed by atoms with Crippen LogP contribution in [0.3, 0.4) is 0 Å². The van der Waals surface area contributed by atoms with Gasteiger partial charge in [0.2, 0.25) is 0 Å². The molecule has 2 unspecified atom stereocenters. The van der Waals surface area contributed by atoms with Crippen molar-refractivity contribution in [3.8, 4) is 0 Å². The van der Waals surface area contributed by atoms with Gasteiger partial charge in [0.05, 0.1) is 15.8 Å². The fourth-order valence-electron chi connectivity index (χ4n) is 2.99. The maximum absolute atomic E-state index is 11.5. The van der Waals surface area contributed by atoms with E-state index >= 15 is 0 Å². The fourth-order valence-corrected chi connectivity index (χ4v) is 2.99. The zero-order valence-corrected chi connectivity index (χ0v) is 11.7. The van der Waals surface area contributed by atoms with Gasteiger partial charge < -0.3 is 11.1 Å². The van der Waals surface area contributed by atoms with Gasteiger partial charge in [0.15, 0.2) is 0 Å². The molecule has 6 nitrogen and oxygen atoms in total. The van der Waals surface area contributed by atoms with Crippen LogP contribution in [-0.2, 0) is 0 Å². The van der Waals surface area contributed by atoms with Crippen molar-refractivity contribution in [2.45, 2.75) is 37.8 Å². The van der Waals surface area contributed by atoms with Gasteiger partial charge in [-0.1, -0.05) is 12.8 Å². The fraction of sp³-hybridized carbons (Fsp3) is 0.400. The van der Waals surface area contributed by atoms with Crippen molar-refractivity contribution in [1.29, 1.82) is 0 Å². The lowest BCUT2D eigenvalue weighted by Gasteiger charge is -2.30. The lowest BCUT2D eigenvalue weighted by atomic mass is 9.90. The third-order valence-corrected chi connectivity index (χ3v) is 4.10. The van der Waals surface area contributed by atoms with Gasteiger partial charge in [-0.3, -0.25) is 15.1 Å². The van der Waals surface area contributed by atoms with Crippen molar-refractivity contribution in [1.82, 2.24) is 4.98 Å². The molecule has 0 amide bonds. The highest BCUT2D eigenvalue weighted by atomic mass is 16.6. The second kappa shape index (κ2) is 5.65. The number of pyridine rings is 1. The standard InChI is InChI=1S/C15H18N4O2/c16-11-5-1-2-6-13(11)18-14-8-7-12-10(4-3-9-17-12)15(14)19(20)21/h3-4,7-9,11,13,18H,1-2,5-6,16H2. The number of nitro groups is 1. The van der Waals surface area contributed by atoms with E-state index in [1.165, 1.54) is 0 Å². The molecule has 0 spiro atoms. The molecule has 3 rings (SSSR count). The third-order valence-electron chi connectivity index (χ3n) is 4.10. The maximum Gasteiger partial charge on any atom is 0.301 e. The van der Waals surface area contributed by atoms with Crippen molar-refractivity contribution >= 4 is 22.3 Å². The molecule has 1 fully saturated rings. The van der Waals surface area contributed by atoms with Crippen molar-refractivity contribution in [2.24, 2.45) is 5.73 Å². The van der Waals surface area contributed by atoms with Crippen LogP contribution in [0, 0.1) is 10.1 Å².